The molecule has 1 saturated heterocycles. The molecule has 5 aromatic rings. The first-order valence-corrected chi connectivity index (χ1v) is 14.0. The van der Waals surface area contributed by atoms with Crippen LogP contribution < -0.4 is 10.6 Å². The van der Waals surface area contributed by atoms with Crippen LogP contribution in [0.15, 0.2) is 48.8 Å². The standard InChI is InChI=1S/C29H29ClFN9O/c1-38(2)24(41)14-40-12-17-22(37-40)8-7-16(25(17)30)26-27-28(36-35-26)34-23(11-33-27)39-10-9-18-20(13-39)29(18,15-32)19-5-3-4-6-21(19)31/h3-8,11-12,18,20H,9-10,13-15,32H2,1-2H3,(H,34,35,36)/t18-,20+,29-/m1/s1. The van der Waals surface area contributed by atoms with Crippen molar-refractivity contribution in [2.75, 3.05) is 38.6 Å². The molecule has 210 valence electrons. The lowest BCUT2D eigenvalue weighted by Gasteiger charge is -2.26. The number of nitrogens with zero attached hydrogens (tertiary/aromatic N) is 7. The monoisotopic (exact) mass is 573 g/mol. The van der Waals surface area contributed by atoms with Gasteiger partial charge in [-0.2, -0.15) is 10.2 Å². The lowest BCUT2D eigenvalue weighted by Crippen LogP contribution is -2.32. The summed E-state index contributed by atoms with van der Waals surface area (Å²) in [5, 5.41) is 13.2. The van der Waals surface area contributed by atoms with Crippen molar-refractivity contribution in [3.8, 4) is 11.3 Å². The topological polar surface area (TPSA) is 122 Å². The number of hydrogen-bond donors (Lipinski definition) is 2. The number of likely N-dealkylation sites (N-methyl/N-ethyl adjacent to an activating group) is 1. The normalized spacial score (nSPS) is 21.8. The van der Waals surface area contributed by atoms with Crippen molar-refractivity contribution in [1.82, 2.24) is 34.8 Å². The Kier molecular flexibility index (Phi) is 5.98. The number of rotatable bonds is 6. The molecule has 1 saturated carbocycles. The number of carbonyl (C=O) groups is 1. The van der Waals surface area contributed by atoms with Crippen LogP contribution in [0, 0.1) is 17.7 Å². The maximum absolute atomic E-state index is 14.8. The van der Waals surface area contributed by atoms with Gasteiger partial charge in [0.1, 0.15) is 29.4 Å². The second-order valence-electron chi connectivity index (χ2n) is 11.1. The summed E-state index contributed by atoms with van der Waals surface area (Å²) < 4.78 is 16.3. The Hall–Kier alpha value is -4.09. The maximum Gasteiger partial charge on any atom is 0.243 e. The number of halogens is 2. The second-order valence-corrected chi connectivity index (χ2v) is 11.5. The summed E-state index contributed by atoms with van der Waals surface area (Å²) in [5.41, 5.74) is 9.79. The van der Waals surface area contributed by atoms with Crippen molar-refractivity contribution in [1.29, 1.82) is 0 Å². The van der Waals surface area contributed by atoms with Gasteiger partial charge in [-0.15, -0.1) is 0 Å². The number of anilines is 1. The summed E-state index contributed by atoms with van der Waals surface area (Å²) in [6.07, 6.45) is 4.44. The maximum atomic E-state index is 14.8. The number of benzene rings is 2. The zero-order valence-corrected chi connectivity index (χ0v) is 23.4. The largest absolute Gasteiger partial charge is 0.355 e. The quantitative estimate of drug-likeness (QED) is 0.318. The minimum Gasteiger partial charge on any atom is -0.355 e. The number of aromatic nitrogens is 6. The van der Waals surface area contributed by atoms with E-state index in [1.54, 1.807) is 37.2 Å². The molecule has 0 radical (unpaired) electrons. The van der Waals surface area contributed by atoms with E-state index < -0.39 is 0 Å². The number of nitrogens with two attached hydrogens (primary N) is 1. The zero-order chi connectivity index (χ0) is 28.5. The van der Waals surface area contributed by atoms with E-state index in [-0.39, 0.29) is 29.6 Å². The average Bonchev–Trinajstić information content (AvgIpc) is 3.21. The summed E-state index contributed by atoms with van der Waals surface area (Å²) >= 11 is 6.83. The number of nitrogens with one attached hydrogen (secondary N) is 1. The molecule has 0 bridgehead atoms. The van der Waals surface area contributed by atoms with Gasteiger partial charge in [0, 0.05) is 56.3 Å². The number of amides is 1. The molecule has 41 heavy (non-hydrogen) atoms. The van der Waals surface area contributed by atoms with E-state index in [2.05, 4.69) is 20.2 Å². The minimum atomic E-state index is -0.332. The summed E-state index contributed by atoms with van der Waals surface area (Å²) in [7, 11) is 3.41. The van der Waals surface area contributed by atoms with Crippen LogP contribution in [-0.4, -0.2) is 74.5 Å². The number of H-pyrrole nitrogens is 1. The predicted octanol–water partition coefficient (Wildman–Crippen LogP) is 3.60. The Balaban J connectivity index is 1.16. The molecule has 12 heteroatoms. The molecule has 4 heterocycles. The fourth-order valence-corrected chi connectivity index (χ4v) is 6.92. The molecule has 3 N–H and O–H groups in total. The third kappa shape index (κ3) is 3.98. The van der Waals surface area contributed by atoms with Crippen LogP contribution >= 0.6 is 11.6 Å². The Morgan fingerprint density at radius 1 is 1.24 bits per heavy atom. The molecule has 1 aliphatic heterocycles. The average molecular weight is 574 g/mol. The predicted molar refractivity (Wildman–Crippen MR) is 155 cm³/mol. The van der Waals surface area contributed by atoms with Gasteiger partial charge in [0.15, 0.2) is 5.65 Å². The molecule has 2 fully saturated rings. The van der Waals surface area contributed by atoms with Crippen molar-refractivity contribution in [2.24, 2.45) is 17.6 Å². The summed E-state index contributed by atoms with van der Waals surface area (Å²) in [6.45, 7) is 2.07. The summed E-state index contributed by atoms with van der Waals surface area (Å²) in [4.78, 5) is 25.4. The number of fused-ring (bicyclic) bond motifs is 3. The lowest BCUT2D eigenvalue weighted by molar-refractivity contribution is -0.129. The van der Waals surface area contributed by atoms with E-state index in [9.17, 15) is 9.18 Å². The van der Waals surface area contributed by atoms with Crippen molar-refractivity contribution in [2.45, 2.75) is 18.4 Å². The van der Waals surface area contributed by atoms with Crippen molar-refractivity contribution in [3.63, 3.8) is 0 Å². The first-order valence-electron chi connectivity index (χ1n) is 13.6. The Bertz CT molecular complexity index is 1820. The van der Waals surface area contributed by atoms with E-state index in [1.165, 1.54) is 11.0 Å². The molecule has 10 nitrogen and oxygen atoms in total. The molecule has 0 unspecified atom stereocenters. The minimum absolute atomic E-state index is 0.0645. The number of piperidine rings is 1. The fourth-order valence-electron chi connectivity index (χ4n) is 6.62. The fraction of sp³-hybridized carbons (Fsp3) is 0.345. The molecule has 7 rings (SSSR count). The molecule has 3 aromatic heterocycles. The SMILES string of the molecule is CN(C)C(=O)Cn1cc2c(Cl)c(-c3n[nH]c4nc(N5CC[C@@H]6[C@H](C5)[C@@]6(CN)c5ccccc5F)cnc34)ccc2n1. The molecule has 3 atom stereocenters. The van der Waals surface area contributed by atoms with Gasteiger partial charge in [0.2, 0.25) is 5.91 Å². The van der Waals surface area contributed by atoms with Crippen LogP contribution in [0.4, 0.5) is 10.2 Å². The van der Waals surface area contributed by atoms with Crippen LogP contribution in [0.5, 0.6) is 0 Å². The van der Waals surface area contributed by atoms with Gasteiger partial charge in [-0.3, -0.25) is 14.6 Å². The summed E-state index contributed by atoms with van der Waals surface area (Å²) in [5.74, 6) is 1.11. The van der Waals surface area contributed by atoms with Gasteiger partial charge in [0.25, 0.3) is 0 Å². The van der Waals surface area contributed by atoms with Gasteiger partial charge in [-0.25, -0.2) is 14.4 Å². The van der Waals surface area contributed by atoms with Crippen molar-refractivity contribution >= 4 is 45.4 Å². The Labute approximate surface area is 240 Å². The third-order valence-corrected chi connectivity index (χ3v) is 9.25. The van der Waals surface area contributed by atoms with Gasteiger partial charge < -0.3 is 15.5 Å². The highest BCUT2D eigenvalue weighted by Gasteiger charge is 2.66. The van der Waals surface area contributed by atoms with Crippen LogP contribution in [0.25, 0.3) is 33.3 Å². The van der Waals surface area contributed by atoms with E-state index in [0.29, 0.717) is 45.4 Å². The van der Waals surface area contributed by atoms with Crippen LogP contribution in [0.1, 0.15) is 12.0 Å². The Morgan fingerprint density at radius 2 is 2.07 bits per heavy atom. The van der Waals surface area contributed by atoms with Gasteiger partial charge in [-0.05, 0) is 42.0 Å². The molecule has 1 amide bonds. The van der Waals surface area contributed by atoms with E-state index >= 15 is 0 Å². The first kappa shape index (κ1) is 25.8. The first-order chi connectivity index (χ1) is 19.8. The third-order valence-electron chi connectivity index (χ3n) is 8.84. The lowest BCUT2D eigenvalue weighted by atomic mass is 9.91. The molecular formula is C29H29ClFN9O. The van der Waals surface area contributed by atoms with Crippen LogP contribution in [0.2, 0.25) is 5.02 Å². The second kappa shape index (κ2) is 9.49. The van der Waals surface area contributed by atoms with Crippen molar-refractivity contribution in [3.05, 3.63) is 65.2 Å². The van der Waals surface area contributed by atoms with Crippen LogP contribution in [-0.2, 0) is 16.8 Å². The van der Waals surface area contributed by atoms with Gasteiger partial charge >= 0.3 is 0 Å². The van der Waals surface area contributed by atoms with E-state index in [1.807, 2.05) is 24.3 Å². The van der Waals surface area contributed by atoms with Crippen molar-refractivity contribution < 1.29 is 9.18 Å². The molecule has 1 aliphatic carbocycles. The zero-order valence-electron chi connectivity index (χ0n) is 22.7. The molecular weight excluding hydrogens is 545 g/mol. The highest BCUT2D eigenvalue weighted by Crippen LogP contribution is 2.63. The van der Waals surface area contributed by atoms with Gasteiger partial charge in [0.05, 0.1) is 16.7 Å². The Morgan fingerprint density at radius 3 is 2.85 bits per heavy atom. The van der Waals surface area contributed by atoms with Gasteiger partial charge in [-0.1, -0.05) is 29.8 Å². The highest BCUT2D eigenvalue weighted by atomic mass is 35.5. The smallest absolute Gasteiger partial charge is 0.243 e. The summed E-state index contributed by atoms with van der Waals surface area (Å²) in [6, 6.07) is 10.7. The van der Waals surface area contributed by atoms with Crippen LogP contribution in [0.3, 0.4) is 0 Å². The number of carbonyl (C=O) groups excluding carboxylic acids is 1. The number of aromatic amines is 1. The molecule has 0 spiro atoms. The molecule has 2 aromatic carbocycles. The highest BCUT2D eigenvalue weighted by molar-refractivity contribution is 6.38. The van der Waals surface area contributed by atoms with E-state index in [4.69, 9.17) is 27.3 Å². The van der Waals surface area contributed by atoms with E-state index in [0.717, 1.165) is 36.3 Å². The number of hydrogen-bond acceptors (Lipinski definition) is 7. The molecule has 2 aliphatic rings.